The van der Waals surface area contributed by atoms with Gasteiger partial charge in [0.05, 0.1) is 4.88 Å². The second kappa shape index (κ2) is 7.94. The van der Waals surface area contributed by atoms with Crippen molar-refractivity contribution in [3.05, 3.63) is 57.3 Å². The van der Waals surface area contributed by atoms with Gasteiger partial charge >= 0.3 is 5.97 Å². The Morgan fingerprint density at radius 3 is 2.24 bits per heavy atom. The van der Waals surface area contributed by atoms with Crippen LogP contribution in [-0.2, 0) is 9.59 Å². The zero-order chi connectivity index (χ0) is 18.6. The van der Waals surface area contributed by atoms with Gasteiger partial charge in [-0.25, -0.2) is 4.79 Å². The van der Waals surface area contributed by atoms with Gasteiger partial charge in [-0.15, -0.1) is 11.3 Å². The molecule has 1 aromatic carbocycles. The maximum atomic E-state index is 12.3. The van der Waals surface area contributed by atoms with Crippen LogP contribution in [-0.4, -0.2) is 28.9 Å². The first-order valence-electron chi connectivity index (χ1n) is 7.73. The van der Waals surface area contributed by atoms with E-state index >= 15 is 0 Å². The van der Waals surface area contributed by atoms with Gasteiger partial charge in [-0.05, 0) is 37.8 Å². The Hall–Kier alpha value is -2.67. The molecule has 2 aromatic rings. The van der Waals surface area contributed by atoms with E-state index < -0.39 is 24.0 Å². The van der Waals surface area contributed by atoms with E-state index in [2.05, 4.69) is 10.6 Å². The highest BCUT2D eigenvalue weighted by Crippen LogP contribution is 2.18. The summed E-state index contributed by atoms with van der Waals surface area (Å²) in [7, 11) is 0. The molecule has 132 valence electrons. The summed E-state index contributed by atoms with van der Waals surface area (Å²) in [5.41, 5.74) is 2.32. The van der Waals surface area contributed by atoms with Gasteiger partial charge in [-0.2, -0.15) is 0 Å². The molecule has 1 aromatic heterocycles. The van der Waals surface area contributed by atoms with E-state index in [-0.39, 0.29) is 5.91 Å². The third-order valence-electron chi connectivity index (χ3n) is 3.60. The van der Waals surface area contributed by atoms with Crippen LogP contribution < -0.4 is 10.6 Å². The molecule has 3 N–H and O–H groups in total. The van der Waals surface area contributed by atoms with Gasteiger partial charge in [0.1, 0.15) is 6.04 Å². The molecule has 1 heterocycles. The first-order valence-corrected chi connectivity index (χ1v) is 8.61. The van der Waals surface area contributed by atoms with Crippen LogP contribution in [0.5, 0.6) is 0 Å². The van der Waals surface area contributed by atoms with Gasteiger partial charge in [-0.1, -0.05) is 35.4 Å². The molecule has 0 saturated heterocycles. The van der Waals surface area contributed by atoms with Crippen molar-refractivity contribution in [3.63, 3.8) is 0 Å². The highest BCUT2D eigenvalue weighted by Gasteiger charge is 2.26. The summed E-state index contributed by atoms with van der Waals surface area (Å²) in [5, 5.41) is 16.3. The molecule has 2 unspecified atom stereocenters. The van der Waals surface area contributed by atoms with Crippen molar-refractivity contribution < 1.29 is 19.5 Å². The second-order valence-electron chi connectivity index (χ2n) is 5.87. The Kier molecular flexibility index (Phi) is 5.93. The number of aliphatic carboxylic acids is 1. The monoisotopic (exact) mass is 360 g/mol. The SMILES string of the molecule is Cc1cc(C)cc(C(NC(=O)C(C)NC(=O)c2cccs2)C(=O)O)c1. The minimum Gasteiger partial charge on any atom is -0.479 e. The number of hydrogen-bond acceptors (Lipinski definition) is 4. The van der Waals surface area contributed by atoms with Gasteiger partial charge in [0, 0.05) is 0 Å². The van der Waals surface area contributed by atoms with Crippen LogP contribution >= 0.6 is 11.3 Å². The van der Waals surface area contributed by atoms with Gasteiger partial charge in [0.2, 0.25) is 5.91 Å². The summed E-state index contributed by atoms with van der Waals surface area (Å²) in [5.74, 6) is -2.08. The van der Waals surface area contributed by atoms with E-state index in [0.29, 0.717) is 10.4 Å². The maximum absolute atomic E-state index is 12.3. The first kappa shape index (κ1) is 18.7. The third kappa shape index (κ3) is 4.90. The minimum absolute atomic E-state index is 0.365. The molecule has 6 nitrogen and oxygen atoms in total. The zero-order valence-corrected chi connectivity index (χ0v) is 15.0. The lowest BCUT2D eigenvalue weighted by Crippen LogP contribution is -2.47. The quantitative estimate of drug-likeness (QED) is 0.737. The van der Waals surface area contributed by atoms with Crippen LogP contribution in [0, 0.1) is 13.8 Å². The van der Waals surface area contributed by atoms with E-state index in [1.165, 1.54) is 18.3 Å². The molecule has 2 rings (SSSR count). The van der Waals surface area contributed by atoms with Crippen LogP contribution in [0.3, 0.4) is 0 Å². The minimum atomic E-state index is -1.17. The van der Waals surface area contributed by atoms with Crippen molar-refractivity contribution in [2.45, 2.75) is 32.9 Å². The van der Waals surface area contributed by atoms with Crippen molar-refractivity contribution in [1.29, 1.82) is 0 Å². The highest BCUT2D eigenvalue weighted by molar-refractivity contribution is 7.12. The number of rotatable bonds is 6. The number of hydrogen-bond donors (Lipinski definition) is 3. The Labute approximate surface area is 149 Å². The summed E-state index contributed by atoms with van der Waals surface area (Å²) in [6.45, 7) is 5.24. The average molecular weight is 360 g/mol. The predicted octanol–water partition coefficient (Wildman–Crippen LogP) is 2.43. The fourth-order valence-electron chi connectivity index (χ4n) is 2.47. The number of carboxylic acids is 1. The van der Waals surface area contributed by atoms with Crippen molar-refractivity contribution in [2.75, 3.05) is 0 Å². The lowest BCUT2D eigenvalue weighted by Gasteiger charge is -2.19. The second-order valence-corrected chi connectivity index (χ2v) is 6.82. The Balaban J connectivity index is 2.09. The summed E-state index contributed by atoms with van der Waals surface area (Å²) >= 11 is 1.27. The molecule has 25 heavy (non-hydrogen) atoms. The van der Waals surface area contributed by atoms with Crippen LogP contribution in [0.1, 0.15) is 39.3 Å². The maximum Gasteiger partial charge on any atom is 0.330 e. The fourth-order valence-corrected chi connectivity index (χ4v) is 3.10. The van der Waals surface area contributed by atoms with Crippen LogP contribution in [0.2, 0.25) is 0 Å². The summed E-state index contributed by atoms with van der Waals surface area (Å²) in [6.07, 6.45) is 0. The zero-order valence-electron chi connectivity index (χ0n) is 14.2. The number of benzene rings is 1. The number of carboxylic acid groups (broad SMARTS) is 1. The summed E-state index contributed by atoms with van der Waals surface area (Å²) in [4.78, 5) is 36.4. The molecule has 0 radical (unpaired) electrons. The van der Waals surface area contributed by atoms with Crippen molar-refractivity contribution >= 4 is 29.1 Å². The molecule has 0 spiro atoms. The van der Waals surface area contributed by atoms with Crippen LogP contribution in [0.4, 0.5) is 0 Å². The average Bonchev–Trinajstić information content (AvgIpc) is 3.05. The number of carbonyl (C=O) groups excluding carboxylic acids is 2. The lowest BCUT2D eigenvalue weighted by molar-refractivity contribution is -0.142. The molecule has 7 heteroatoms. The lowest BCUT2D eigenvalue weighted by atomic mass is 10.0. The summed E-state index contributed by atoms with van der Waals surface area (Å²) < 4.78 is 0. The molecule has 2 amide bonds. The molecule has 0 aliphatic rings. The third-order valence-corrected chi connectivity index (χ3v) is 4.47. The molecular formula is C18H20N2O4S. The highest BCUT2D eigenvalue weighted by atomic mass is 32.1. The number of carbonyl (C=O) groups is 3. The van der Waals surface area contributed by atoms with E-state index in [9.17, 15) is 19.5 Å². The largest absolute Gasteiger partial charge is 0.479 e. The first-order chi connectivity index (χ1) is 11.8. The molecule has 2 atom stereocenters. The van der Waals surface area contributed by atoms with Gasteiger partial charge < -0.3 is 15.7 Å². The Morgan fingerprint density at radius 1 is 1.08 bits per heavy atom. The van der Waals surface area contributed by atoms with Gasteiger partial charge in [0.15, 0.2) is 6.04 Å². The van der Waals surface area contributed by atoms with Crippen molar-refractivity contribution in [2.24, 2.45) is 0 Å². The fraction of sp³-hybridized carbons (Fsp3) is 0.278. The Bertz CT molecular complexity index is 766. The van der Waals surface area contributed by atoms with E-state index in [1.807, 2.05) is 19.9 Å². The van der Waals surface area contributed by atoms with Crippen molar-refractivity contribution in [3.8, 4) is 0 Å². The smallest absolute Gasteiger partial charge is 0.330 e. The predicted molar refractivity (Wildman–Crippen MR) is 95.7 cm³/mol. The number of nitrogens with one attached hydrogen (secondary N) is 2. The topological polar surface area (TPSA) is 95.5 Å². The normalized spacial score (nSPS) is 12.9. The molecule has 0 bridgehead atoms. The molecule has 0 saturated carbocycles. The van der Waals surface area contributed by atoms with E-state index in [4.69, 9.17) is 0 Å². The molecule has 0 aliphatic carbocycles. The molecular weight excluding hydrogens is 340 g/mol. The van der Waals surface area contributed by atoms with Gasteiger partial charge in [-0.3, -0.25) is 9.59 Å². The van der Waals surface area contributed by atoms with Crippen molar-refractivity contribution in [1.82, 2.24) is 10.6 Å². The standard InChI is InChI=1S/C18H20N2O4S/c1-10-7-11(2)9-13(8-10)15(18(23)24)20-16(21)12(3)19-17(22)14-5-4-6-25-14/h4-9,12,15H,1-3H3,(H,19,22)(H,20,21)(H,23,24). The number of aryl methyl sites for hydroxylation is 2. The molecule has 0 aliphatic heterocycles. The Morgan fingerprint density at radius 2 is 1.72 bits per heavy atom. The molecule has 0 fully saturated rings. The van der Waals surface area contributed by atoms with E-state index in [0.717, 1.165) is 11.1 Å². The van der Waals surface area contributed by atoms with Crippen LogP contribution in [0.15, 0.2) is 35.7 Å². The van der Waals surface area contributed by atoms with Crippen LogP contribution in [0.25, 0.3) is 0 Å². The number of thiophene rings is 1. The van der Waals surface area contributed by atoms with Gasteiger partial charge in [0.25, 0.3) is 5.91 Å². The van der Waals surface area contributed by atoms with E-state index in [1.54, 1.807) is 29.6 Å². The summed E-state index contributed by atoms with van der Waals surface area (Å²) in [6, 6.07) is 6.73. The number of amides is 2.